The Kier molecular flexibility index (Phi) is 10.9. The second kappa shape index (κ2) is 13.5. The molecular formula is C22H38N4O2. The number of nitrogens with one attached hydrogen (secondary N) is 2. The first-order chi connectivity index (χ1) is 13.7. The maximum absolute atomic E-state index is 5.62. The van der Waals surface area contributed by atoms with Gasteiger partial charge in [-0.15, -0.1) is 0 Å². The van der Waals surface area contributed by atoms with Crippen molar-refractivity contribution in [2.45, 2.75) is 39.2 Å². The zero-order valence-electron chi connectivity index (χ0n) is 17.9. The third-order valence-corrected chi connectivity index (χ3v) is 5.04. The quantitative estimate of drug-likeness (QED) is 0.346. The maximum Gasteiger partial charge on any atom is 0.191 e. The number of ether oxygens (including phenoxy) is 2. The van der Waals surface area contributed by atoms with E-state index in [0.29, 0.717) is 6.04 Å². The number of unbranched alkanes of at least 4 members (excludes halogenated alkanes) is 1. The highest BCUT2D eigenvalue weighted by Crippen LogP contribution is 2.21. The number of aryl methyl sites for hydroxylation is 1. The third kappa shape index (κ3) is 8.17. The Morgan fingerprint density at radius 3 is 2.54 bits per heavy atom. The van der Waals surface area contributed by atoms with E-state index in [1.165, 1.54) is 17.5 Å². The topological polar surface area (TPSA) is 58.1 Å². The Hall–Kier alpha value is -1.63. The van der Waals surface area contributed by atoms with Crippen molar-refractivity contribution in [3.63, 3.8) is 0 Å². The summed E-state index contributed by atoms with van der Waals surface area (Å²) in [6.07, 6.45) is 3.30. The normalized spacial score (nSPS) is 16.8. The molecule has 1 fully saturated rings. The number of nitrogens with zero attached hydrogens (tertiary/aromatic N) is 2. The number of hydrogen-bond donors (Lipinski definition) is 2. The van der Waals surface area contributed by atoms with Gasteiger partial charge in [0, 0.05) is 46.4 Å². The van der Waals surface area contributed by atoms with E-state index < -0.39 is 0 Å². The molecule has 0 amide bonds. The van der Waals surface area contributed by atoms with Crippen LogP contribution in [0.5, 0.6) is 0 Å². The van der Waals surface area contributed by atoms with Gasteiger partial charge in [0.2, 0.25) is 0 Å². The highest BCUT2D eigenvalue weighted by molar-refractivity contribution is 5.79. The van der Waals surface area contributed by atoms with Crippen molar-refractivity contribution in [2.24, 2.45) is 4.99 Å². The van der Waals surface area contributed by atoms with E-state index in [1.54, 1.807) is 0 Å². The molecule has 0 bridgehead atoms. The van der Waals surface area contributed by atoms with E-state index in [4.69, 9.17) is 9.47 Å². The Bertz CT molecular complexity index is 556. The predicted molar refractivity (Wildman–Crippen MR) is 116 cm³/mol. The van der Waals surface area contributed by atoms with Gasteiger partial charge >= 0.3 is 0 Å². The molecule has 0 saturated carbocycles. The van der Waals surface area contributed by atoms with Crippen LogP contribution in [-0.4, -0.2) is 70.5 Å². The molecule has 1 saturated heterocycles. The summed E-state index contributed by atoms with van der Waals surface area (Å²) in [4.78, 5) is 6.87. The minimum absolute atomic E-state index is 0.306. The lowest BCUT2D eigenvalue weighted by molar-refractivity contribution is 0.0170. The molecule has 0 spiro atoms. The summed E-state index contributed by atoms with van der Waals surface area (Å²) in [5, 5.41) is 6.90. The van der Waals surface area contributed by atoms with E-state index in [9.17, 15) is 0 Å². The van der Waals surface area contributed by atoms with Crippen LogP contribution in [0.15, 0.2) is 29.3 Å². The zero-order valence-corrected chi connectivity index (χ0v) is 17.9. The second-order valence-corrected chi connectivity index (χ2v) is 7.27. The Labute approximate surface area is 170 Å². The number of guanidine groups is 1. The average Bonchev–Trinajstić information content (AvgIpc) is 2.73. The predicted octanol–water partition coefficient (Wildman–Crippen LogP) is 2.74. The third-order valence-electron chi connectivity index (χ3n) is 5.04. The molecule has 6 nitrogen and oxygen atoms in total. The first kappa shape index (κ1) is 22.7. The van der Waals surface area contributed by atoms with Crippen LogP contribution in [0.4, 0.5) is 0 Å². The van der Waals surface area contributed by atoms with Crippen LogP contribution in [0.1, 0.15) is 43.4 Å². The summed E-state index contributed by atoms with van der Waals surface area (Å²) < 4.78 is 11.2. The highest BCUT2D eigenvalue weighted by Gasteiger charge is 2.22. The monoisotopic (exact) mass is 390 g/mol. The number of hydrogen-bond acceptors (Lipinski definition) is 4. The van der Waals surface area contributed by atoms with Crippen molar-refractivity contribution in [2.75, 3.05) is 59.7 Å². The Balaban J connectivity index is 1.82. The van der Waals surface area contributed by atoms with E-state index in [2.05, 4.69) is 58.6 Å². The summed E-state index contributed by atoms with van der Waals surface area (Å²) in [6.45, 7) is 11.2. The number of morpholine rings is 1. The van der Waals surface area contributed by atoms with Gasteiger partial charge in [-0.1, -0.05) is 43.2 Å². The van der Waals surface area contributed by atoms with Crippen LogP contribution >= 0.6 is 0 Å². The maximum atomic E-state index is 5.62. The van der Waals surface area contributed by atoms with Crippen molar-refractivity contribution < 1.29 is 9.47 Å². The molecule has 1 heterocycles. The average molecular weight is 391 g/mol. The van der Waals surface area contributed by atoms with Crippen molar-refractivity contribution >= 4 is 5.96 Å². The van der Waals surface area contributed by atoms with Crippen LogP contribution < -0.4 is 10.6 Å². The summed E-state index contributed by atoms with van der Waals surface area (Å²) in [6, 6.07) is 9.16. The van der Waals surface area contributed by atoms with E-state index >= 15 is 0 Å². The molecule has 158 valence electrons. The fourth-order valence-electron chi connectivity index (χ4n) is 3.28. The van der Waals surface area contributed by atoms with Gasteiger partial charge in [0.25, 0.3) is 0 Å². The van der Waals surface area contributed by atoms with Gasteiger partial charge in [-0.2, -0.15) is 0 Å². The van der Waals surface area contributed by atoms with Crippen LogP contribution in [0, 0.1) is 6.92 Å². The molecule has 1 aliphatic rings. The van der Waals surface area contributed by atoms with Gasteiger partial charge in [0.05, 0.1) is 19.3 Å². The van der Waals surface area contributed by atoms with Crippen LogP contribution in [0.25, 0.3) is 0 Å². The summed E-state index contributed by atoms with van der Waals surface area (Å²) in [5.74, 6) is 0.846. The van der Waals surface area contributed by atoms with Crippen molar-refractivity contribution in [3.05, 3.63) is 35.4 Å². The Morgan fingerprint density at radius 2 is 1.86 bits per heavy atom. The molecule has 0 aliphatic carbocycles. The first-order valence-electron chi connectivity index (χ1n) is 10.6. The zero-order chi connectivity index (χ0) is 20.0. The smallest absolute Gasteiger partial charge is 0.191 e. The molecule has 0 radical (unpaired) electrons. The molecule has 0 aromatic heterocycles. The summed E-state index contributed by atoms with van der Waals surface area (Å²) in [7, 11) is 1.82. The van der Waals surface area contributed by atoms with Gasteiger partial charge in [-0.3, -0.25) is 9.89 Å². The van der Waals surface area contributed by atoms with Gasteiger partial charge in [-0.05, 0) is 25.3 Å². The van der Waals surface area contributed by atoms with Gasteiger partial charge in [0.15, 0.2) is 5.96 Å². The van der Waals surface area contributed by atoms with Crippen molar-refractivity contribution in [1.82, 2.24) is 15.5 Å². The molecule has 1 aromatic rings. The number of rotatable bonds is 11. The largest absolute Gasteiger partial charge is 0.381 e. The second-order valence-electron chi connectivity index (χ2n) is 7.27. The van der Waals surface area contributed by atoms with E-state index in [0.717, 1.165) is 71.4 Å². The summed E-state index contributed by atoms with van der Waals surface area (Å²) >= 11 is 0. The van der Waals surface area contributed by atoms with Gasteiger partial charge in [-0.25, -0.2) is 0 Å². The van der Waals surface area contributed by atoms with Crippen LogP contribution in [-0.2, 0) is 9.47 Å². The molecule has 1 aromatic carbocycles. The molecule has 28 heavy (non-hydrogen) atoms. The molecular weight excluding hydrogens is 352 g/mol. The standard InChI is InChI=1S/C22H38N4O2/c1-4-5-14-27-15-6-11-24-22(23-3)25-18-21(26-12-16-28-17-13-26)20-9-7-19(2)8-10-20/h7-10,21H,4-6,11-18H2,1-3H3,(H2,23,24,25). The van der Waals surface area contributed by atoms with Gasteiger partial charge < -0.3 is 20.1 Å². The van der Waals surface area contributed by atoms with E-state index in [1.807, 2.05) is 7.05 Å². The molecule has 1 unspecified atom stereocenters. The molecule has 2 N–H and O–H groups in total. The summed E-state index contributed by atoms with van der Waals surface area (Å²) in [5.41, 5.74) is 2.62. The first-order valence-corrected chi connectivity index (χ1v) is 10.6. The molecule has 1 aliphatic heterocycles. The fourth-order valence-corrected chi connectivity index (χ4v) is 3.28. The van der Waals surface area contributed by atoms with Crippen molar-refractivity contribution in [1.29, 1.82) is 0 Å². The van der Waals surface area contributed by atoms with Crippen LogP contribution in [0.3, 0.4) is 0 Å². The highest BCUT2D eigenvalue weighted by atomic mass is 16.5. The minimum atomic E-state index is 0.306. The van der Waals surface area contributed by atoms with E-state index in [-0.39, 0.29) is 0 Å². The van der Waals surface area contributed by atoms with Crippen molar-refractivity contribution in [3.8, 4) is 0 Å². The lowest BCUT2D eigenvalue weighted by Crippen LogP contribution is -2.46. The minimum Gasteiger partial charge on any atom is -0.381 e. The van der Waals surface area contributed by atoms with Crippen LogP contribution in [0.2, 0.25) is 0 Å². The number of benzene rings is 1. The SMILES string of the molecule is CCCCOCCCNC(=NC)NCC(c1ccc(C)cc1)N1CCOCC1. The Morgan fingerprint density at radius 1 is 1.14 bits per heavy atom. The number of aliphatic imine (C=N–C) groups is 1. The molecule has 1 atom stereocenters. The molecule has 6 heteroatoms. The lowest BCUT2D eigenvalue weighted by atomic mass is 10.0. The molecule has 2 rings (SSSR count). The van der Waals surface area contributed by atoms with Gasteiger partial charge in [0.1, 0.15) is 0 Å². The lowest BCUT2D eigenvalue weighted by Gasteiger charge is -2.35. The fraction of sp³-hybridized carbons (Fsp3) is 0.682.